The second-order valence-electron chi connectivity index (χ2n) is 4.16. The zero-order valence-electron chi connectivity index (χ0n) is 8.06. The molecule has 0 amide bonds. The van der Waals surface area contributed by atoms with Crippen LogP contribution in [0.4, 0.5) is 8.78 Å². The molecule has 0 aromatic heterocycles. The summed E-state index contributed by atoms with van der Waals surface area (Å²) in [6.07, 6.45) is 1.65. The number of aliphatic hydroxyl groups excluding tert-OH is 1. The van der Waals surface area contributed by atoms with Gasteiger partial charge in [-0.2, -0.15) is 0 Å². The minimum Gasteiger partial charge on any atom is -0.390 e. The fourth-order valence-electron chi connectivity index (χ4n) is 1.87. The number of nitrogens with two attached hydrogens (primary N) is 1. The van der Waals surface area contributed by atoms with Crippen molar-refractivity contribution in [3.8, 4) is 0 Å². The summed E-state index contributed by atoms with van der Waals surface area (Å²) in [6, 6.07) is 0. The average molecular weight is 193 g/mol. The molecule has 1 fully saturated rings. The van der Waals surface area contributed by atoms with Crippen molar-refractivity contribution in [3.63, 3.8) is 0 Å². The van der Waals surface area contributed by atoms with E-state index in [0.717, 1.165) is 12.8 Å². The van der Waals surface area contributed by atoms with E-state index in [2.05, 4.69) is 0 Å². The molecule has 0 saturated heterocycles. The highest BCUT2D eigenvalue weighted by Gasteiger charge is 2.59. The molecule has 0 aromatic rings. The lowest BCUT2D eigenvalue weighted by Gasteiger charge is -2.33. The fraction of sp³-hybridized carbons (Fsp3) is 1.00. The van der Waals surface area contributed by atoms with E-state index in [1.54, 1.807) is 0 Å². The lowest BCUT2D eigenvalue weighted by molar-refractivity contribution is -0.113. The van der Waals surface area contributed by atoms with Crippen molar-refractivity contribution in [3.05, 3.63) is 0 Å². The van der Waals surface area contributed by atoms with Crippen LogP contribution in [0.3, 0.4) is 0 Å². The number of aliphatic hydroxyl groups is 1. The molecule has 78 valence electrons. The van der Waals surface area contributed by atoms with E-state index in [0.29, 0.717) is 5.92 Å². The molecule has 3 atom stereocenters. The first kappa shape index (κ1) is 10.9. The number of hydrogen-bond donors (Lipinski definition) is 2. The zero-order chi connectivity index (χ0) is 10.3. The van der Waals surface area contributed by atoms with E-state index >= 15 is 0 Å². The molecule has 0 bridgehead atoms. The number of hydrogen-bond acceptors (Lipinski definition) is 2. The number of alkyl halides is 2. The summed E-state index contributed by atoms with van der Waals surface area (Å²) in [6.45, 7) is 2.15. The van der Waals surface area contributed by atoms with E-state index in [-0.39, 0.29) is 5.92 Å². The normalized spacial score (nSPS) is 32.8. The Bertz CT molecular complexity index is 194. The van der Waals surface area contributed by atoms with Gasteiger partial charge in [0.2, 0.25) is 0 Å². The van der Waals surface area contributed by atoms with Crippen molar-refractivity contribution in [2.75, 3.05) is 6.61 Å². The van der Waals surface area contributed by atoms with E-state index in [4.69, 9.17) is 10.8 Å². The number of rotatable bonds is 4. The first-order valence-corrected chi connectivity index (χ1v) is 4.64. The van der Waals surface area contributed by atoms with Gasteiger partial charge in [-0.1, -0.05) is 13.3 Å². The molecule has 1 saturated carbocycles. The maximum absolute atomic E-state index is 13.2. The highest BCUT2D eigenvalue weighted by atomic mass is 19.3. The van der Waals surface area contributed by atoms with E-state index in [1.165, 1.54) is 6.92 Å². The van der Waals surface area contributed by atoms with Gasteiger partial charge in [0.05, 0.1) is 5.54 Å². The van der Waals surface area contributed by atoms with Crippen LogP contribution in [0.1, 0.15) is 26.7 Å². The largest absolute Gasteiger partial charge is 0.390 e. The molecule has 1 aliphatic carbocycles. The van der Waals surface area contributed by atoms with Crippen LogP contribution >= 0.6 is 0 Å². The van der Waals surface area contributed by atoms with Crippen molar-refractivity contribution < 1.29 is 13.9 Å². The average Bonchev–Trinajstić information content (AvgIpc) is 2.82. The summed E-state index contributed by atoms with van der Waals surface area (Å²) >= 11 is 0. The second-order valence-corrected chi connectivity index (χ2v) is 4.16. The van der Waals surface area contributed by atoms with Crippen LogP contribution in [0.5, 0.6) is 0 Å². The lowest BCUT2D eigenvalue weighted by atomic mass is 9.88. The Balaban J connectivity index is 2.66. The maximum atomic E-state index is 13.2. The summed E-state index contributed by atoms with van der Waals surface area (Å²) < 4.78 is 26.3. The van der Waals surface area contributed by atoms with Crippen LogP contribution in [0.25, 0.3) is 0 Å². The highest BCUT2D eigenvalue weighted by molar-refractivity contribution is 5.08. The Morgan fingerprint density at radius 3 is 2.38 bits per heavy atom. The Morgan fingerprint density at radius 1 is 1.54 bits per heavy atom. The summed E-state index contributed by atoms with van der Waals surface area (Å²) in [5.41, 5.74) is 4.01. The van der Waals surface area contributed by atoms with E-state index in [9.17, 15) is 8.78 Å². The smallest absolute Gasteiger partial charge is 0.288 e. The van der Waals surface area contributed by atoms with Crippen LogP contribution in [-0.4, -0.2) is 23.2 Å². The molecule has 0 aliphatic heterocycles. The van der Waals surface area contributed by atoms with Crippen molar-refractivity contribution in [1.82, 2.24) is 0 Å². The van der Waals surface area contributed by atoms with Gasteiger partial charge in [0.1, 0.15) is 6.61 Å². The summed E-state index contributed by atoms with van der Waals surface area (Å²) in [5.74, 6) is -2.99. The summed E-state index contributed by atoms with van der Waals surface area (Å²) in [7, 11) is 0. The van der Waals surface area contributed by atoms with Crippen molar-refractivity contribution in [1.29, 1.82) is 0 Å². The van der Waals surface area contributed by atoms with Gasteiger partial charge in [-0.15, -0.1) is 0 Å². The molecule has 13 heavy (non-hydrogen) atoms. The predicted octanol–water partition coefficient (Wildman–Crippen LogP) is 1.38. The third kappa shape index (κ3) is 1.70. The van der Waals surface area contributed by atoms with E-state index in [1.807, 2.05) is 6.92 Å². The monoisotopic (exact) mass is 193 g/mol. The van der Waals surface area contributed by atoms with Crippen molar-refractivity contribution >= 4 is 0 Å². The fourth-order valence-corrected chi connectivity index (χ4v) is 1.87. The maximum Gasteiger partial charge on any atom is 0.288 e. The Kier molecular flexibility index (Phi) is 2.65. The molecular formula is C9H17F2NO. The molecular weight excluding hydrogens is 176 g/mol. The van der Waals surface area contributed by atoms with Gasteiger partial charge in [-0.05, 0) is 25.2 Å². The second kappa shape index (κ2) is 3.17. The van der Waals surface area contributed by atoms with Gasteiger partial charge in [-0.3, -0.25) is 0 Å². The third-order valence-electron chi connectivity index (χ3n) is 3.20. The first-order valence-electron chi connectivity index (χ1n) is 4.64. The lowest BCUT2D eigenvalue weighted by Crippen LogP contribution is -2.57. The van der Waals surface area contributed by atoms with Crippen LogP contribution in [0.15, 0.2) is 0 Å². The van der Waals surface area contributed by atoms with Crippen LogP contribution in [-0.2, 0) is 0 Å². The molecule has 1 rings (SSSR count). The Morgan fingerprint density at radius 2 is 2.08 bits per heavy atom. The van der Waals surface area contributed by atoms with Gasteiger partial charge >= 0.3 is 0 Å². The molecule has 0 unspecified atom stereocenters. The molecule has 1 aliphatic rings. The van der Waals surface area contributed by atoms with E-state index < -0.39 is 18.1 Å². The molecule has 0 heterocycles. The standard InChI is InChI=1S/C9H17F2NO/c1-3-6-4-7(6)8(2,12)9(10,11)5-13/h6-7,13H,3-5,12H2,1-2H3/t6-,7-,8+/m0/s1. The van der Waals surface area contributed by atoms with Gasteiger partial charge in [0, 0.05) is 0 Å². The number of halogens is 2. The van der Waals surface area contributed by atoms with Crippen LogP contribution in [0, 0.1) is 11.8 Å². The topological polar surface area (TPSA) is 46.2 Å². The first-order chi connectivity index (χ1) is 5.86. The Hall–Kier alpha value is -0.220. The van der Waals surface area contributed by atoms with Crippen molar-refractivity contribution in [2.24, 2.45) is 17.6 Å². The SMILES string of the molecule is CC[C@H]1C[C@@H]1[C@@](C)(N)C(F)(F)CO. The van der Waals surface area contributed by atoms with Crippen molar-refractivity contribution in [2.45, 2.75) is 38.2 Å². The molecule has 3 N–H and O–H groups in total. The summed E-state index contributed by atoms with van der Waals surface area (Å²) in [5, 5.41) is 8.54. The minimum absolute atomic E-state index is 0.139. The predicted molar refractivity (Wildman–Crippen MR) is 46.5 cm³/mol. The zero-order valence-corrected chi connectivity index (χ0v) is 8.06. The molecule has 0 spiro atoms. The molecule has 0 radical (unpaired) electrons. The summed E-state index contributed by atoms with van der Waals surface area (Å²) in [4.78, 5) is 0. The minimum atomic E-state index is -3.17. The van der Waals surface area contributed by atoms with Gasteiger partial charge in [0.25, 0.3) is 5.92 Å². The van der Waals surface area contributed by atoms with Gasteiger partial charge in [-0.25, -0.2) is 8.78 Å². The van der Waals surface area contributed by atoms with Crippen LogP contribution in [0.2, 0.25) is 0 Å². The Labute approximate surface area is 77.1 Å². The molecule has 4 heteroatoms. The van der Waals surface area contributed by atoms with Gasteiger partial charge < -0.3 is 10.8 Å². The third-order valence-corrected chi connectivity index (χ3v) is 3.20. The van der Waals surface area contributed by atoms with Crippen LogP contribution < -0.4 is 5.73 Å². The van der Waals surface area contributed by atoms with Gasteiger partial charge in [0.15, 0.2) is 0 Å². The molecule has 2 nitrogen and oxygen atoms in total. The highest BCUT2D eigenvalue weighted by Crippen LogP contribution is 2.51. The molecule has 0 aromatic carbocycles. The quantitative estimate of drug-likeness (QED) is 0.708.